The van der Waals surface area contributed by atoms with Gasteiger partial charge in [0.25, 0.3) is 0 Å². The summed E-state index contributed by atoms with van der Waals surface area (Å²) in [7, 11) is -3.95. The van der Waals surface area contributed by atoms with E-state index in [1.165, 1.54) is 23.1 Å². The Labute approximate surface area is 255 Å². The van der Waals surface area contributed by atoms with E-state index < -0.39 is 28.5 Å². The zero-order chi connectivity index (χ0) is 29.4. The van der Waals surface area contributed by atoms with Crippen LogP contribution in [0.3, 0.4) is 0 Å². The first-order valence-corrected chi connectivity index (χ1v) is 15.7. The van der Waals surface area contributed by atoms with Crippen LogP contribution < -0.4 is 9.62 Å². The Bertz CT molecular complexity index is 1430. The van der Waals surface area contributed by atoms with Crippen LogP contribution in [0.2, 0.25) is 20.1 Å². The maximum absolute atomic E-state index is 14.0. The molecule has 214 valence electrons. The number of nitrogens with zero attached hydrogens (tertiary/aromatic N) is 2. The molecule has 0 aliphatic rings. The number of carbonyl (C=O) groups is 2. The van der Waals surface area contributed by atoms with Gasteiger partial charge in [-0.05, 0) is 47.9 Å². The molecule has 0 aromatic heterocycles. The number of hydrogen-bond acceptors (Lipinski definition) is 4. The van der Waals surface area contributed by atoms with Gasteiger partial charge in [-0.15, -0.1) is 0 Å². The van der Waals surface area contributed by atoms with E-state index in [4.69, 9.17) is 46.4 Å². The fourth-order valence-electron chi connectivity index (χ4n) is 4.05. The third-order valence-corrected chi connectivity index (χ3v) is 8.29. The molecule has 3 aromatic carbocycles. The molecule has 0 saturated heterocycles. The number of rotatable bonds is 12. The average Bonchev–Trinajstić information content (AvgIpc) is 2.89. The molecule has 40 heavy (non-hydrogen) atoms. The van der Waals surface area contributed by atoms with Crippen molar-refractivity contribution in [1.29, 1.82) is 0 Å². The van der Waals surface area contributed by atoms with E-state index in [1.54, 1.807) is 18.2 Å². The topological polar surface area (TPSA) is 86.8 Å². The molecule has 0 heterocycles. The van der Waals surface area contributed by atoms with Gasteiger partial charge in [0.15, 0.2) is 0 Å². The highest BCUT2D eigenvalue weighted by molar-refractivity contribution is 7.92. The first-order chi connectivity index (χ1) is 18.9. The van der Waals surface area contributed by atoms with Gasteiger partial charge in [0.1, 0.15) is 12.6 Å². The van der Waals surface area contributed by atoms with E-state index in [1.807, 2.05) is 37.3 Å². The number of carbonyl (C=O) groups excluding carboxylic acids is 2. The van der Waals surface area contributed by atoms with Crippen molar-refractivity contribution in [2.24, 2.45) is 0 Å². The lowest BCUT2D eigenvalue weighted by molar-refractivity contribution is -0.140. The molecule has 2 amide bonds. The second-order valence-corrected chi connectivity index (χ2v) is 12.8. The highest BCUT2D eigenvalue weighted by Gasteiger charge is 2.33. The van der Waals surface area contributed by atoms with Crippen LogP contribution in [0.15, 0.2) is 66.7 Å². The van der Waals surface area contributed by atoms with Gasteiger partial charge >= 0.3 is 0 Å². The molecule has 3 rings (SSSR count). The fourth-order valence-corrected chi connectivity index (χ4v) is 5.72. The standard InChI is InChI=1S/C28H29Cl4N3O4S/c1-3-11-33-28(37)26(13-19-7-5-4-6-8-19)34(17-20-9-10-24(31)25(32)12-20)27(36)18-35(40(2,38)39)23-15-21(29)14-22(30)16-23/h4-10,12,14-16,26H,3,11,13,17-18H2,1-2H3,(H,33,37)/t26-/m0/s1. The second-order valence-electron chi connectivity index (χ2n) is 9.16. The van der Waals surface area contributed by atoms with Crippen molar-refractivity contribution in [3.05, 3.63) is 97.9 Å². The van der Waals surface area contributed by atoms with Gasteiger partial charge in [-0.3, -0.25) is 13.9 Å². The SMILES string of the molecule is CCCNC(=O)[C@H](Cc1ccccc1)N(Cc1ccc(Cl)c(Cl)c1)C(=O)CN(c1cc(Cl)cc(Cl)c1)S(C)(=O)=O. The summed E-state index contributed by atoms with van der Waals surface area (Å²) in [6.45, 7) is 1.71. The lowest BCUT2D eigenvalue weighted by atomic mass is 10.0. The van der Waals surface area contributed by atoms with Gasteiger partial charge in [0, 0.05) is 29.6 Å². The molecule has 1 N–H and O–H groups in total. The summed E-state index contributed by atoms with van der Waals surface area (Å²) >= 11 is 24.6. The van der Waals surface area contributed by atoms with Crippen LogP contribution in [0, 0.1) is 0 Å². The zero-order valence-electron chi connectivity index (χ0n) is 21.9. The molecule has 7 nitrogen and oxygen atoms in total. The molecule has 0 radical (unpaired) electrons. The summed E-state index contributed by atoms with van der Waals surface area (Å²) in [4.78, 5) is 28.9. The van der Waals surface area contributed by atoms with Gasteiger partial charge in [-0.1, -0.05) is 89.7 Å². The predicted octanol–water partition coefficient (Wildman–Crippen LogP) is 6.23. The molecule has 0 unspecified atom stereocenters. The molecule has 12 heteroatoms. The Morgan fingerprint density at radius 1 is 0.875 bits per heavy atom. The maximum Gasteiger partial charge on any atom is 0.244 e. The van der Waals surface area contributed by atoms with E-state index in [0.717, 1.165) is 16.1 Å². The average molecular weight is 645 g/mol. The predicted molar refractivity (Wildman–Crippen MR) is 163 cm³/mol. The number of halogens is 4. The maximum atomic E-state index is 14.0. The first kappa shape index (κ1) is 32.0. The summed E-state index contributed by atoms with van der Waals surface area (Å²) in [5.41, 5.74) is 1.56. The van der Waals surface area contributed by atoms with Crippen LogP contribution in [0.5, 0.6) is 0 Å². The van der Waals surface area contributed by atoms with Crippen molar-refractivity contribution in [3.63, 3.8) is 0 Å². The number of nitrogens with one attached hydrogen (secondary N) is 1. The van der Waals surface area contributed by atoms with Crippen LogP contribution in [-0.2, 0) is 32.6 Å². The van der Waals surface area contributed by atoms with Crippen LogP contribution in [0.1, 0.15) is 24.5 Å². The number of anilines is 1. The second kappa shape index (κ2) is 14.4. The lowest BCUT2D eigenvalue weighted by Gasteiger charge is -2.33. The Hall–Kier alpha value is -2.49. The largest absolute Gasteiger partial charge is 0.354 e. The van der Waals surface area contributed by atoms with Crippen molar-refractivity contribution >= 4 is 73.9 Å². The molecule has 0 aliphatic carbocycles. The smallest absolute Gasteiger partial charge is 0.244 e. The van der Waals surface area contributed by atoms with Crippen molar-refractivity contribution < 1.29 is 18.0 Å². The minimum absolute atomic E-state index is 0.0271. The Morgan fingerprint density at radius 3 is 2.10 bits per heavy atom. The molecule has 1 atom stereocenters. The van der Waals surface area contributed by atoms with Crippen molar-refractivity contribution in [2.45, 2.75) is 32.4 Å². The van der Waals surface area contributed by atoms with Crippen molar-refractivity contribution in [1.82, 2.24) is 10.2 Å². The van der Waals surface area contributed by atoms with Gasteiger partial charge in [0.05, 0.1) is 22.0 Å². The van der Waals surface area contributed by atoms with Crippen molar-refractivity contribution in [3.8, 4) is 0 Å². The Morgan fingerprint density at radius 2 is 1.52 bits per heavy atom. The summed E-state index contributed by atoms with van der Waals surface area (Å²) in [5, 5.41) is 3.91. The molecule has 0 fully saturated rings. The van der Waals surface area contributed by atoms with E-state index in [0.29, 0.717) is 23.6 Å². The number of benzene rings is 3. The monoisotopic (exact) mass is 643 g/mol. The molecule has 0 aliphatic heterocycles. The summed E-state index contributed by atoms with van der Waals surface area (Å²) in [5.74, 6) is -0.976. The summed E-state index contributed by atoms with van der Waals surface area (Å²) in [6.07, 6.45) is 1.88. The summed E-state index contributed by atoms with van der Waals surface area (Å²) in [6, 6.07) is 17.5. The number of amides is 2. The van der Waals surface area contributed by atoms with Crippen LogP contribution in [0.4, 0.5) is 5.69 Å². The fraction of sp³-hybridized carbons (Fsp3) is 0.286. The van der Waals surface area contributed by atoms with Crippen molar-refractivity contribution in [2.75, 3.05) is 23.7 Å². The van der Waals surface area contributed by atoms with Gasteiger partial charge in [-0.2, -0.15) is 0 Å². The quantitative estimate of drug-likeness (QED) is 0.253. The molecular weight excluding hydrogens is 616 g/mol. The minimum atomic E-state index is -3.95. The third kappa shape index (κ3) is 9.01. The third-order valence-electron chi connectivity index (χ3n) is 5.97. The van der Waals surface area contributed by atoms with E-state index >= 15 is 0 Å². The van der Waals surface area contributed by atoms with E-state index in [9.17, 15) is 18.0 Å². The normalized spacial score (nSPS) is 12.1. The molecule has 3 aromatic rings. The number of hydrogen-bond donors (Lipinski definition) is 1. The zero-order valence-corrected chi connectivity index (χ0v) is 25.8. The van der Waals surface area contributed by atoms with Crippen LogP contribution in [0.25, 0.3) is 0 Å². The van der Waals surface area contributed by atoms with Gasteiger partial charge in [-0.25, -0.2) is 8.42 Å². The van der Waals surface area contributed by atoms with Gasteiger partial charge in [0.2, 0.25) is 21.8 Å². The Balaban J connectivity index is 2.08. The molecule has 0 saturated carbocycles. The number of sulfonamides is 1. The molecular formula is C28H29Cl4N3O4S. The minimum Gasteiger partial charge on any atom is -0.354 e. The first-order valence-electron chi connectivity index (χ1n) is 12.4. The van der Waals surface area contributed by atoms with Crippen LogP contribution in [-0.4, -0.2) is 50.5 Å². The molecule has 0 bridgehead atoms. The van der Waals surface area contributed by atoms with Gasteiger partial charge < -0.3 is 10.2 Å². The summed E-state index contributed by atoms with van der Waals surface area (Å²) < 4.78 is 26.6. The highest BCUT2D eigenvalue weighted by atomic mass is 35.5. The van der Waals surface area contributed by atoms with E-state index in [-0.39, 0.29) is 39.6 Å². The molecule has 0 spiro atoms. The Kier molecular flexibility index (Phi) is 11.5. The van der Waals surface area contributed by atoms with Crippen LogP contribution >= 0.6 is 46.4 Å². The van der Waals surface area contributed by atoms with E-state index in [2.05, 4.69) is 5.32 Å². The lowest BCUT2D eigenvalue weighted by Crippen LogP contribution is -2.53. The highest BCUT2D eigenvalue weighted by Crippen LogP contribution is 2.28.